The molecule has 0 amide bonds. The summed E-state index contributed by atoms with van der Waals surface area (Å²) in [5, 5.41) is 0. The summed E-state index contributed by atoms with van der Waals surface area (Å²) in [6, 6.07) is 0. The van der Waals surface area contributed by atoms with E-state index in [-0.39, 0.29) is 5.60 Å². The van der Waals surface area contributed by atoms with Crippen LogP contribution in [-0.2, 0) is 14.2 Å². The molecule has 0 bridgehead atoms. The molecule has 1 saturated heterocycles. The lowest BCUT2D eigenvalue weighted by atomic mass is 10.1. The Hall–Kier alpha value is -0.980. The average molecular weight is 210 g/mol. The predicted molar refractivity (Wildman–Crippen MR) is 58.1 cm³/mol. The van der Waals surface area contributed by atoms with Crippen LogP contribution in [0.25, 0.3) is 0 Å². The van der Waals surface area contributed by atoms with Crippen molar-refractivity contribution in [2.24, 2.45) is 0 Å². The molecule has 0 aliphatic carbocycles. The third kappa shape index (κ3) is 3.26. The van der Waals surface area contributed by atoms with E-state index >= 15 is 0 Å². The van der Waals surface area contributed by atoms with E-state index in [1.165, 1.54) is 0 Å². The van der Waals surface area contributed by atoms with Crippen molar-refractivity contribution in [3.05, 3.63) is 11.8 Å². The first-order valence-corrected chi connectivity index (χ1v) is 4.93. The van der Waals surface area contributed by atoms with Crippen LogP contribution < -0.4 is 0 Å². The minimum absolute atomic E-state index is 0.300. The molecule has 0 atom stereocenters. The van der Waals surface area contributed by atoms with Crippen molar-refractivity contribution in [2.75, 3.05) is 13.9 Å². The fraction of sp³-hybridized carbons (Fsp3) is 0.667. The van der Waals surface area contributed by atoms with Crippen molar-refractivity contribution in [3.63, 3.8) is 0 Å². The molecule has 1 aliphatic rings. The number of allylic oxidation sites excluding steroid dienone is 1. The highest BCUT2D eigenvalue weighted by molar-refractivity contribution is 5.26. The van der Waals surface area contributed by atoms with E-state index < -0.39 is 5.60 Å². The van der Waals surface area contributed by atoms with E-state index in [1.54, 1.807) is 13.2 Å². The Labute approximate surface area is 91.4 Å². The van der Waals surface area contributed by atoms with Gasteiger partial charge in [-0.25, -0.2) is 0 Å². The summed E-state index contributed by atoms with van der Waals surface area (Å²) in [5.41, 5.74) is -0.799. The summed E-state index contributed by atoms with van der Waals surface area (Å²) < 4.78 is 15.9. The molecule has 3 nitrogen and oxygen atoms in total. The number of methoxy groups -OCH3 is 1. The van der Waals surface area contributed by atoms with Crippen LogP contribution >= 0.6 is 0 Å². The van der Waals surface area contributed by atoms with Crippen LogP contribution in [0.2, 0.25) is 0 Å². The van der Waals surface area contributed by atoms with Crippen LogP contribution in [0, 0.1) is 11.8 Å². The lowest BCUT2D eigenvalue weighted by Gasteiger charge is -2.15. The Morgan fingerprint density at radius 1 is 1.47 bits per heavy atom. The molecule has 1 aliphatic heterocycles. The van der Waals surface area contributed by atoms with Gasteiger partial charge in [-0.05, 0) is 27.7 Å². The molecule has 0 unspecified atom stereocenters. The SMILES string of the molecule is COC(C)(C)C#C/C=C1\OCOC1(C)C. The Morgan fingerprint density at radius 3 is 2.60 bits per heavy atom. The maximum atomic E-state index is 5.37. The van der Waals surface area contributed by atoms with Crippen molar-refractivity contribution < 1.29 is 14.2 Å². The third-order valence-electron chi connectivity index (χ3n) is 2.31. The van der Waals surface area contributed by atoms with Gasteiger partial charge < -0.3 is 14.2 Å². The summed E-state index contributed by atoms with van der Waals surface area (Å²) in [7, 11) is 1.64. The smallest absolute Gasteiger partial charge is 0.189 e. The summed E-state index contributed by atoms with van der Waals surface area (Å²) >= 11 is 0. The van der Waals surface area contributed by atoms with Gasteiger partial charge in [0.1, 0.15) is 17.0 Å². The molecule has 1 heterocycles. The van der Waals surface area contributed by atoms with Crippen LogP contribution in [0.15, 0.2) is 11.8 Å². The van der Waals surface area contributed by atoms with Crippen LogP contribution in [0.4, 0.5) is 0 Å². The molecule has 0 saturated carbocycles. The van der Waals surface area contributed by atoms with E-state index in [2.05, 4.69) is 11.8 Å². The molecule has 0 radical (unpaired) electrons. The van der Waals surface area contributed by atoms with Crippen LogP contribution in [0.1, 0.15) is 27.7 Å². The Kier molecular flexibility index (Phi) is 3.43. The number of ether oxygens (including phenoxy) is 3. The number of rotatable bonds is 1. The lowest BCUT2D eigenvalue weighted by Crippen LogP contribution is -2.20. The maximum Gasteiger partial charge on any atom is 0.189 e. The van der Waals surface area contributed by atoms with Crippen molar-refractivity contribution >= 4 is 0 Å². The first kappa shape index (κ1) is 12.1. The summed E-state index contributed by atoms with van der Waals surface area (Å²) in [5.74, 6) is 6.69. The maximum absolute atomic E-state index is 5.37. The lowest BCUT2D eigenvalue weighted by molar-refractivity contribution is 0.0121. The highest BCUT2D eigenvalue weighted by Gasteiger charge is 2.31. The van der Waals surface area contributed by atoms with Gasteiger partial charge in [-0.3, -0.25) is 0 Å². The van der Waals surface area contributed by atoms with Gasteiger partial charge in [0.2, 0.25) is 0 Å². The molecule has 0 N–H and O–H groups in total. The zero-order chi connectivity index (χ0) is 11.5. The third-order valence-corrected chi connectivity index (χ3v) is 2.31. The molecule has 0 aromatic heterocycles. The van der Waals surface area contributed by atoms with Gasteiger partial charge in [-0.2, -0.15) is 0 Å². The zero-order valence-corrected chi connectivity index (χ0v) is 10.0. The van der Waals surface area contributed by atoms with E-state index in [9.17, 15) is 0 Å². The standard InChI is InChI=1S/C12H18O3/c1-11(2,13-5)8-6-7-10-12(3,4)15-9-14-10/h7H,9H2,1-5H3/b10-7-. The second kappa shape index (κ2) is 4.26. The molecule has 0 spiro atoms. The van der Waals surface area contributed by atoms with E-state index in [4.69, 9.17) is 14.2 Å². The summed E-state index contributed by atoms with van der Waals surface area (Å²) in [6.07, 6.45) is 1.74. The van der Waals surface area contributed by atoms with Gasteiger partial charge in [0, 0.05) is 13.2 Å². The fourth-order valence-corrected chi connectivity index (χ4v) is 1.03. The van der Waals surface area contributed by atoms with Gasteiger partial charge in [-0.1, -0.05) is 11.8 Å². The van der Waals surface area contributed by atoms with Crippen molar-refractivity contribution in [2.45, 2.75) is 38.9 Å². The van der Waals surface area contributed by atoms with Gasteiger partial charge in [-0.15, -0.1) is 0 Å². The highest BCUT2D eigenvalue weighted by atomic mass is 16.7. The molecule has 0 aromatic carbocycles. The topological polar surface area (TPSA) is 27.7 Å². The van der Waals surface area contributed by atoms with Gasteiger partial charge in [0.25, 0.3) is 0 Å². The molecule has 1 fully saturated rings. The molecule has 3 heteroatoms. The Bertz CT molecular complexity index is 315. The second-order valence-electron chi connectivity index (χ2n) is 4.41. The van der Waals surface area contributed by atoms with Crippen LogP contribution in [0.5, 0.6) is 0 Å². The first-order chi connectivity index (χ1) is 6.87. The van der Waals surface area contributed by atoms with Crippen LogP contribution in [0.3, 0.4) is 0 Å². The number of hydrogen-bond donors (Lipinski definition) is 0. The van der Waals surface area contributed by atoms with Gasteiger partial charge >= 0.3 is 0 Å². The predicted octanol–water partition coefficient (Wildman–Crippen LogP) is 2.08. The van der Waals surface area contributed by atoms with Crippen molar-refractivity contribution in [1.82, 2.24) is 0 Å². The largest absolute Gasteiger partial charge is 0.468 e. The molecule has 0 aromatic rings. The number of hydrogen-bond acceptors (Lipinski definition) is 3. The van der Waals surface area contributed by atoms with Gasteiger partial charge in [0.05, 0.1) is 0 Å². The summed E-state index contributed by atoms with van der Waals surface area (Å²) in [4.78, 5) is 0. The van der Waals surface area contributed by atoms with Crippen LogP contribution in [-0.4, -0.2) is 25.1 Å². The molecular formula is C12H18O3. The summed E-state index contributed by atoms with van der Waals surface area (Å²) in [6.45, 7) is 8.03. The Morgan fingerprint density at radius 2 is 2.13 bits per heavy atom. The minimum Gasteiger partial charge on any atom is -0.468 e. The fourth-order valence-electron chi connectivity index (χ4n) is 1.03. The van der Waals surface area contributed by atoms with E-state index in [0.29, 0.717) is 6.79 Å². The second-order valence-corrected chi connectivity index (χ2v) is 4.41. The van der Waals surface area contributed by atoms with E-state index in [0.717, 1.165) is 5.76 Å². The molecule has 1 rings (SSSR count). The van der Waals surface area contributed by atoms with Crippen molar-refractivity contribution in [1.29, 1.82) is 0 Å². The minimum atomic E-state index is -0.430. The molecular weight excluding hydrogens is 192 g/mol. The average Bonchev–Trinajstić information content (AvgIpc) is 2.46. The molecule has 84 valence electrons. The zero-order valence-electron chi connectivity index (χ0n) is 10.0. The molecule has 15 heavy (non-hydrogen) atoms. The van der Waals surface area contributed by atoms with E-state index in [1.807, 2.05) is 27.7 Å². The highest BCUT2D eigenvalue weighted by Crippen LogP contribution is 2.27. The normalized spacial score (nSPS) is 22.1. The quantitative estimate of drug-likeness (QED) is 0.620. The van der Waals surface area contributed by atoms with Crippen molar-refractivity contribution in [3.8, 4) is 11.8 Å². The van der Waals surface area contributed by atoms with Gasteiger partial charge in [0.15, 0.2) is 6.79 Å². The Balaban J connectivity index is 2.73. The monoisotopic (exact) mass is 210 g/mol. The first-order valence-electron chi connectivity index (χ1n) is 4.93.